The molecule has 0 aliphatic carbocycles. The Morgan fingerprint density at radius 2 is 1.73 bits per heavy atom. The number of carbonyl (C=O) groups is 1. The number of ether oxygens (including phenoxy) is 2. The second-order valence-corrected chi connectivity index (χ2v) is 4.62. The van der Waals surface area contributed by atoms with E-state index < -0.39 is 4.92 Å². The Morgan fingerprint density at radius 1 is 1.09 bits per heavy atom. The highest BCUT2D eigenvalue weighted by atomic mass is 16.6. The van der Waals surface area contributed by atoms with Crippen molar-refractivity contribution in [1.82, 2.24) is 0 Å². The number of hydrogen-bond acceptors (Lipinski definition) is 5. The third-order valence-electron chi connectivity index (χ3n) is 3.28. The molecule has 2 aromatic rings. The lowest BCUT2D eigenvalue weighted by molar-refractivity contribution is -0.384. The molecule has 0 N–H and O–H groups in total. The quantitative estimate of drug-likeness (QED) is 0.480. The third kappa shape index (κ3) is 2.90. The average Bonchev–Trinajstić information content (AvgIpc) is 2.53. The molecular weight excluding hydrogens is 286 g/mol. The van der Waals surface area contributed by atoms with E-state index in [1.165, 1.54) is 33.3 Å². The van der Waals surface area contributed by atoms with E-state index >= 15 is 0 Å². The minimum Gasteiger partial charge on any atom is -0.493 e. The standard InChI is InChI=1S/C16H15NO5/c1-10(18)11-5-4-6-12(7-11)13-8-15(21-2)16(22-3)9-14(13)17(19)20/h4-9H,1-3H3. The number of nitro groups is 1. The van der Waals surface area contributed by atoms with Crippen molar-refractivity contribution in [3.8, 4) is 22.6 Å². The van der Waals surface area contributed by atoms with Crippen LogP contribution < -0.4 is 9.47 Å². The van der Waals surface area contributed by atoms with Gasteiger partial charge in [0.1, 0.15) is 0 Å². The van der Waals surface area contributed by atoms with Crippen LogP contribution in [0.1, 0.15) is 17.3 Å². The zero-order valence-electron chi connectivity index (χ0n) is 12.5. The predicted octanol–water partition coefficient (Wildman–Crippen LogP) is 3.48. The fourth-order valence-corrected chi connectivity index (χ4v) is 2.16. The third-order valence-corrected chi connectivity index (χ3v) is 3.28. The van der Waals surface area contributed by atoms with Gasteiger partial charge in [-0.3, -0.25) is 14.9 Å². The summed E-state index contributed by atoms with van der Waals surface area (Å²) in [7, 11) is 2.87. The molecule has 6 heteroatoms. The molecule has 2 aromatic carbocycles. The predicted molar refractivity (Wildman–Crippen MR) is 81.6 cm³/mol. The summed E-state index contributed by atoms with van der Waals surface area (Å²) >= 11 is 0. The number of rotatable bonds is 5. The van der Waals surface area contributed by atoms with Gasteiger partial charge in [0.2, 0.25) is 0 Å². The van der Waals surface area contributed by atoms with Gasteiger partial charge >= 0.3 is 0 Å². The van der Waals surface area contributed by atoms with E-state index in [9.17, 15) is 14.9 Å². The Balaban J connectivity index is 2.70. The highest BCUT2D eigenvalue weighted by molar-refractivity contribution is 5.95. The van der Waals surface area contributed by atoms with E-state index in [1.807, 2.05) is 0 Å². The molecule has 0 aliphatic rings. The van der Waals surface area contributed by atoms with Crippen molar-refractivity contribution >= 4 is 11.5 Å². The SMILES string of the molecule is COc1cc(-c2cccc(C(C)=O)c2)c([N+](=O)[O-])cc1OC. The fourth-order valence-electron chi connectivity index (χ4n) is 2.16. The molecule has 22 heavy (non-hydrogen) atoms. The molecule has 0 bridgehead atoms. The summed E-state index contributed by atoms with van der Waals surface area (Å²) in [6, 6.07) is 9.53. The molecule has 0 aromatic heterocycles. The van der Waals surface area contributed by atoms with Crippen molar-refractivity contribution in [2.24, 2.45) is 0 Å². The second kappa shape index (κ2) is 6.26. The molecule has 0 atom stereocenters. The summed E-state index contributed by atoms with van der Waals surface area (Å²) in [6.45, 7) is 1.45. The second-order valence-electron chi connectivity index (χ2n) is 4.62. The maximum absolute atomic E-state index is 11.5. The number of benzene rings is 2. The molecule has 6 nitrogen and oxygen atoms in total. The van der Waals surface area contributed by atoms with Gasteiger partial charge in [0.25, 0.3) is 5.69 Å². The Bertz CT molecular complexity index is 739. The molecule has 114 valence electrons. The first-order valence-corrected chi connectivity index (χ1v) is 6.49. The minimum atomic E-state index is -0.488. The van der Waals surface area contributed by atoms with Crippen LogP contribution in [0.25, 0.3) is 11.1 Å². The average molecular weight is 301 g/mol. The summed E-state index contributed by atoms with van der Waals surface area (Å²) in [6.07, 6.45) is 0. The van der Waals surface area contributed by atoms with Gasteiger partial charge in [0, 0.05) is 5.56 Å². The summed E-state index contributed by atoms with van der Waals surface area (Å²) < 4.78 is 10.3. The summed E-state index contributed by atoms with van der Waals surface area (Å²) in [5, 5.41) is 11.3. The van der Waals surface area contributed by atoms with E-state index in [4.69, 9.17) is 9.47 Å². The summed E-state index contributed by atoms with van der Waals surface area (Å²) in [4.78, 5) is 22.3. The number of nitrogens with zero attached hydrogens (tertiary/aromatic N) is 1. The lowest BCUT2D eigenvalue weighted by atomic mass is 9.99. The van der Waals surface area contributed by atoms with Crippen LogP contribution in [0.15, 0.2) is 36.4 Å². The first kappa shape index (κ1) is 15.5. The van der Waals surface area contributed by atoms with E-state index in [0.717, 1.165) is 0 Å². The molecular formula is C16H15NO5. The molecule has 0 spiro atoms. The number of nitro benzene ring substituents is 1. The Labute approximate surface area is 127 Å². The van der Waals surface area contributed by atoms with Crippen LogP contribution in [0.5, 0.6) is 11.5 Å². The van der Waals surface area contributed by atoms with Crippen LogP contribution in [-0.2, 0) is 0 Å². The molecule has 0 heterocycles. The van der Waals surface area contributed by atoms with Crippen molar-refractivity contribution in [3.05, 3.63) is 52.1 Å². The largest absolute Gasteiger partial charge is 0.493 e. The van der Waals surface area contributed by atoms with Gasteiger partial charge in [0.05, 0.1) is 30.8 Å². The molecule has 0 fully saturated rings. The maximum Gasteiger partial charge on any atom is 0.281 e. The zero-order chi connectivity index (χ0) is 16.3. The lowest BCUT2D eigenvalue weighted by Gasteiger charge is -2.11. The molecule has 0 aliphatic heterocycles. The highest BCUT2D eigenvalue weighted by Gasteiger charge is 2.21. The van der Waals surface area contributed by atoms with Crippen molar-refractivity contribution in [3.63, 3.8) is 0 Å². The lowest BCUT2D eigenvalue weighted by Crippen LogP contribution is -1.98. The van der Waals surface area contributed by atoms with Crippen LogP contribution in [0.2, 0.25) is 0 Å². The van der Waals surface area contributed by atoms with Gasteiger partial charge in [-0.15, -0.1) is 0 Å². The van der Waals surface area contributed by atoms with Gasteiger partial charge < -0.3 is 9.47 Å². The van der Waals surface area contributed by atoms with Crippen LogP contribution in [0.3, 0.4) is 0 Å². The first-order valence-electron chi connectivity index (χ1n) is 6.49. The Kier molecular flexibility index (Phi) is 4.41. The monoisotopic (exact) mass is 301 g/mol. The van der Waals surface area contributed by atoms with Crippen molar-refractivity contribution in [2.75, 3.05) is 14.2 Å². The van der Waals surface area contributed by atoms with Crippen LogP contribution >= 0.6 is 0 Å². The number of hydrogen-bond donors (Lipinski definition) is 0. The number of methoxy groups -OCH3 is 2. The first-order chi connectivity index (χ1) is 10.5. The van der Waals surface area contributed by atoms with Crippen molar-refractivity contribution in [1.29, 1.82) is 0 Å². The highest BCUT2D eigenvalue weighted by Crippen LogP contribution is 2.39. The van der Waals surface area contributed by atoms with Gasteiger partial charge in [-0.25, -0.2) is 0 Å². The summed E-state index contributed by atoms with van der Waals surface area (Å²) in [5.41, 5.74) is 1.31. The van der Waals surface area contributed by atoms with Gasteiger partial charge in [0.15, 0.2) is 17.3 Å². The smallest absolute Gasteiger partial charge is 0.281 e. The molecule has 0 saturated heterocycles. The van der Waals surface area contributed by atoms with Gasteiger partial charge in [-0.05, 0) is 24.6 Å². The molecule has 0 saturated carbocycles. The maximum atomic E-state index is 11.5. The molecule has 2 rings (SSSR count). The number of carbonyl (C=O) groups excluding carboxylic acids is 1. The number of Topliss-reactive ketones (excluding diaryl/α,β-unsaturated/α-hetero) is 1. The van der Waals surface area contributed by atoms with Crippen molar-refractivity contribution in [2.45, 2.75) is 6.92 Å². The topological polar surface area (TPSA) is 78.7 Å². The van der Waals surface area contributed by atoms with Gasteiger partial charge in [-0.2, -0.15) is 0 Å². The molecule has 0 radical (unpaired) electrons. The zero-order valence-corrected chi connectivity index (χ0v) is 12.5. The Morgan fingerprint density at radius 3 is 2.27 bits per heavy atom. The fraction of sp³-hybridized carbons (Fsp3) is 0.188. The van der Waals surface area contributed by atoms with Crippen LogP contribution in [0, 0.1) is 10.1 Å². The number of ketones is 1. The summed E-state index contributed by atoms with van der Waals surface area (Å²) in [5.74, 6) is 0.557. The van der Waals surface area contributed by atoms with Crippen molar-refractivity contribution < 1.29 is 19.2 Å². The molecule has 0 amide bonds. The van der Waals surface area contributed by atoms with Crippen LogP contribution in [0.4, 0.5) is 5.69 Å². The van der Waals surface area contributed by atoms with E-state index in [2.05, 4.69) is 0 Å². The molecule has 0 unspecified atom stereocenters. The van der Waals surface area contributed by atoms with E-state index in [-0.39, 0.29) is 17.2 Å². The minimum absolute atomic E-state index is 0.107. The van der Waals surface area contributed by atoms with Gasteiger partial charge in [-0.1, -0.05) is 18.2 Å². The van der Waals surface area contributed by atoms with E-state index in [1.54, 1.807) is 24.3 Å². The van der Waals surface area contributed by atoms with E-state index in [0.29, 0.717) is 22.4 Å². The van der Waals surface area contributed by atoms with Crippen LogP contribution in [-0.4, -0.2) is 24.9 Å². The Hall–Kier alpha value is -2.89. The normalized spacial score (nSPS) is 10.1.